The summed E-state index contributed by atoms with van der Waals surface area (Å²) in [6, 6.07) is 15.5. The van der Waals surface area contributed by atoms with Crippen molar-refractivity contribution in [2.75, 3.05) is 14.2 Å². The van der Waals surface area contributed by atoms with Gasteiger partial charge in [-0.05, 0) is 79.3 Å². The van der Waals surface area contributed by atoms with Crippen LogP contribution in [0, 0.1) is 0 Å². The van der Waals surface area contributed by atoms with E-state index in [-0.39, 0.29) is 29.9 Å². The minimum Gasteiger partial charge on any atom is -0.496 e. The highest BCUT2D eigenvalue weighted by Crippen LogP contribution is 2.31. The summed E-state index contributed by atoms with van der Waals surface area (Å²) in [6.45, 7) is 0.189. The molecular formula is C28H28ClNO6. The van der Waals surface area contributed by atoms with Gasteiger partial charge in [0.2, 0.25) is 0 Å². The van der Waals surface area contributed by atoms with Crippen LogP contribution in [0.15, 0.2) is 54.6 Å². The fraction of sp³-hybridized carbons (Fsp3) is 0.286. The Morgan fingerprint density at radius 1 is 0.917 bits per heavy atom. The van der Waals surface area contributed by atoms with E-state index in [4.69, 9.17) is 25.8 Å². The predicted octanol–water partition coefficient (Wildman–Crippen LogP) is 5.97. The third-order valence-electron chi connectivity index (χ3n) is 6.27. The van der Waals surface area contributed by atoms with Crippen LogP contribution in [-0.4, -0.2) is 37.3 Å². The number of nitrogens with one attached hydrogen (secondary N) is 1. The number of carbonyl (C=O) groups is 2. The largest absolute Gasteiger partial charge is 0.496 e. The van der Waals surface area contributed by atoms with Crippen LogP contribution in [-0.2, 0) is 6.54 Å². The number of methoxy groups -OCH3 is 2. The zero-order chi connectivity index (χ0) is 25.7. The summed E-state index contributed by atoms with van der Waals surface area (Å²) >= 11 is 6.40. The van der Waals surface area contributed by atoms with Gasteiger partial charge in [-0.25, -0.2) is 4.79 Å². The first-order valence-electron chi connectivity index (χ1n) is 11.7. The van der Waals surface area contributed by atoms with E-state index >= 15 is 0 Å². The number of hydrogen-bond acceptors (Lipinski definition) is 5. The molecule has 1 aliphatic rings. The van der Waals surface area contributed by atoms with Crippen molar-refractivity contribution in [1.29, 1.82) is 0 Å². The fourth-order valence-corrected chi connectivity index (χ4v) is 4.63. The van der Waals surface area contributed by atoms with Crippen LogP contribution in [0.2, 0.25) is 5.02 Å². The molecule has 0 aliphatic heterocycles. The molecule has 2 N–H and O–H groups in total. The molecule has 8 heteroatoms. The van der Waals surface area contributed by atoms with Gasteiger partial charge in [-0.1, -0.05) is 23.7 Å². The number of rotatable bonds is 9. The van der Waals surface area contributed by atoms with E-state index in [9.17, 15) is 14.7 Å². The normalized spacial score (nSPS) is 13.3. The minimum atomic E-state index is -1.08. The number of benzene rings is 3. The van der Waals surface area contributed by atoms with E-state index in [0.717, 1.165) is 24.0 Å². The standard InChI is InChI=1S/C28H28ClNO6/c1-34-25-11-7-17(18-8-12-26(35-2)23(14-18)28(32)33)13-19(25)16-30-27(31)22-10-9-21(15-24(22)29)36-20-5-3-4-6-20/h7-15,20H,3-6,16H2,1-2H3,(H,30,31)(H,32,33). The maximum atomic E-state index is 12.9. The molecule has 1 fully saturated rings. The predicted molar refractivity (Wildman–Crippen MR) is 137 cm³/mol. The van der Waals surface area contributed by atoms with Gasteiger partial charge in [0.1, 0.15) is 22.8 Å². The lowest BCUT2D eigenvalue weighted by atomic mass is 9.99. The number of halogens is 1. The molecule has 0 radical (unpaired) electrons. The maximum Gasteiger partial charge on any atom is 0.339 e. The Kier molecular flexibility index (Phi) is 8.00. The lowest BCUT2D eigenvalue weighted by Crippen LogP contribution is -2.23. The molecule has 3 aromatic carbocycles. The van der Waals surface area contributed by atoms with Crippen molar-refractivity contribution in [3.05, 3.63) is 76.3 Å². The first-order chi connectivity index (χ1) is 17.4. The Morgan fingerprint density at radius 2 is 1.58 bits per heavy atom. The number of ether oxygens (including phenoxy) is 3. The lowest BCUT2D eigenvalue weighted by molar-refractivity contribution is 0.0693. The van der Waals surface area contributed by atoms with Crippen LogP contribution < -0.4 is 19.5 Å². The number of aromatic carboxylic acids is 1. The fourth-order valence-electron chi connectivity index (χ4n) is 4.37. The Morgan fingerprint density at radius 3 is 2.22 bits per heavy atom. The number of carbonyl (C=O) groups excluding carboxylic acids is 1. The van der Waals surface area contributed by atoms with E-state index in [1.165, 1.54) is 20.0 Å². The average Bonchev–Trinajstić information content (AvgIpc) is 3.39. The molecule has 188 valence electrons. The summed E-state index contributed by atoms with van der Waals surface area (Å²) in [5, 5.41) is 12.7. The first-order valence-corrected chi connectivity index (χ1v) is 12.1. The van der Waals surface area contributed by atoms with Crippen LogP contribution in [0.3, 0.4) is 0 Å². The number of carboxylic acids is 1. The van der Waals surface area contributed by atoms with Gasteiger partial charge in [-0.2, -0.15) is 0 Å². The molecule has 7 nitrogen and oxygen atoms in total. The van der Waals surface area contributed by atoms with Gasteiger partial charge in [0, 0.05) is 12.1 Å². The quantitative estimate of drug-likeness (QED) is 0.369. The van der Waals surface area contributed by atoms with Gasteiger partial charge >= 0.3 is 5.97 Å². The Labute approximate surface area is 215 Å². The van der Waals surface area contributed by atoms with Crippen LogP contribution in [0.5, 0.6) is 17.2 Å². The molecular weight excluding hydrogens is 482 g/mol. The highest BCUT2D eigenvalue weighted by Gasteiger charge is 2.19. The zero-order valence-corrected chi connectivity index (χ0v) is 20.9. The van der Waals surface area contributed by atoms with Gasteiger partial charge in [0.25, 0.3) is 5.91 Å². The third-order valence-corrected chi connectivity index (χ3v) is 6.59. The van der Waals surface area contributed by atoms with E-state index < -0.39 is 5.97 Å². The van der Waals surface area contributed by atoms with Crippen molar-refractivity contribution < 1.29 is 28.9 Å². The smallest absolute Gasteiger partial charge is 0.339 e. The van der Waals surface area contributed by atoms with Crippen LogP contribution >= 0.6 is 11.6 Å². The van der Waals surface area contributed by atoms with Gasteiger partial charge in [-0.15, -0.1) is 0 Å². The molecule has 4 rings (SSSR count). The SMILES string of the molecule is COc1ccc(-c2ccc(OC)c(C(=O)O)c2)cc1CNC(=O)c1ccc(OC2CCCC2)cc1Cl. The van der Waals surface area contributed by atoms with Crippen molar-refractivity contribution in [3.8, 4) is 28.4 Å². The van der Waals surface area contributed by atoms with Gasteiger partial charge in [-0.3, -0.25) is 4.79 Å². The number of amides is 1. The zero-order valence-electron chi connectivity index (χ0n) is 20.2. The molecule has 0 unspecified atom stereocenters. The molecule has 1 aliphatic carbocycles. The highest BCUT2D eigenvalue weighted by molar-refractivity contribution is 6.34. The Bertz CT molecular complexity index is 1270. The average molecular weight is 510 g/mol. The maximum absolute atomic E-state index is 12.9. The molecule has 0 atom stereocenters. The van der Waals surface area contributed by atoms with Gasteiger partial charge < -0.3 is 24.6 Å². The molecule has 1 saturated carbocycles. The topological polar surface area (TPSA) is 94.1 Å². The summed E-state index contributed by atoms with van der Waals surface area (Å²) in [6.07, 6.45) is 4.62. The summed E-state index contributed by atoms with van der Waals surface area (Å²) in [5.41, 5.74) is 2.62. The van der Waals surface area contributed by atoms with Crippen molar-refractivity contribution in [1.82, 2.24) is 5.32 Å². The van der Waals surface area contributed by atoms with E-state index in [0.29, 0.717) is 27.6 Å². The second-order valence-electron chi connectivity index (χ2n) is 8.60. The third kappa shape index (κ3) is 5.74. The molecule has 3 aromatic rings. The summed E-state index contributed by atoms with van der Waals surface area (Å²) in [7, 11) is 2.98. The first kappa shape index (κ1) is 25.4. The van der Waals surface area contributed by atoms with Crippen molar-refractivity contribution in [2.24, 2.45) is 0 Å². The molecule has 0 spiro atoms. The Balaban J connectivity index is 1.50. The number of carboxylic acid groups (broad SMARTS) is 1. The number of hydrogen-bond donors (Lipinski definition) is 2. The monoisotopic (exact) mass is 509 g/mol. The van der Waals surface area contributed by atoms with Crippen molar-refractivity contribution in [3.63, 3.8) is 0 Å². The second kappa shape index (κ2) is 11.4. The summed E-state index contributed by atoms with van der Waals surface area (Å²) in [4.78, 5) is 24.5. The van der Waals surface area contributed by atoms with E-state index in [1.54, 1.807) is 49.6 Å². The van der Waals surface area contributed by atoms with Crippen LogP contribution in [0.25, 0.3) is 11.1 Å². The van der Waals surface area contributed by atoms with E-state index in [1.807, 2.05) is 12.1 Å². The second-order valence-corrected chi connectivity index (χ2v) is 9.00. The van der Waals surface area contributed by atoms with Crippen molar-refractivity contribution in [2.45, 2.75) is 38.3 Å². The molecule has 0 bridgehead atoms. The van der Waals surface area contributed by atoms with E-state index in [2.05, 4.69) is 5.32 Å². The summed E-state index contributed by atoms with van der Waals surface area (Å²) < 4.78 is 16.6. The minimum absolute atomic E-state index is 0.0654. The Hall–Kier alpha value is -3.71. The summed E-state index contributed by atoms with van der Waals surface area (Å²) in [5.74, 6) is 0.142. The molecule has 1 amide bonds. The van der Waals surface area contributed by atoms with Crippen molar-refractivity contribution >= 4 is 23.5 Å². The van der Waals surface area contributed by atoms with Gasteiger partial charge in [0.15, 0.2) is 0 Å². The van der Waals surface area contributed by atoms with Crippen LogP contribution in [0.4, 0.5) is 0 Å². The molecule has 0 aromatic heterocycles. The highest BCUT2D eigenvalue weighted by atomic mass is 35.5. The van der Waals surface area contributed by atoms with Crippen LogP contribution in [0.1, 0.15) is 52.0 Å². The molecule has 36 heavy (non-hydrogen) atoms. The molecule has 0 heterocycles. The molecule has 0 saturated heterocycles. The lowest BCUT2D eigenvalue weighted by Gasteiger charge is -2.15. The van der Waals surface area contributed by atoms with Gasteiger partial charge in [0.05, 0.1) is 30.9 Å².